The second kappa shape index (κ2) is 5.28. The number of benzene rings is 1. The van der Waals surface area contributed by atoms with Crippen molar-refractivity contribution in [2.75, 3.05) is 5.32 Å². The molecule has 0 radical (unpaired) electrons. The molecular weight excluding hydrogens is 263 g/mol. The Bertz CT molecular complexity index is 654. The van der Waals surface area contributed by atoms with Crippen LogP contribution in [-0.4, -0.2) is 14.7 Å². The SMILES string of the molecule is Cc1nn(C)c(NC(C)c2cccc(F)c2)c1[N+](=O)[O-]. The van der Waals surface area contributed by atoms with E-state index in [1.807, 2.05) is 0 Å². The van der Waals surface area contributed by atoms with E-state index in [0.717, 1.165) is 0 Å². The number of rotatable bonds is 4. The zero-order chi connectivity index (χ0) is 14.9. The van der Waals surface area contributed by atoms with Gasteiger partial charge in [-0.05, 0) is 31.5 Å². The van der Waals surface area contributed by atoms with Gasteiger partial charge in [0.05, 0.1) is 11.0 Å². The number of anilines is 1. The van der Waals surface area contributed by atoms with E-state index in [9.17, 15) is 14.5 Å². The highest BCUT2D eigenvalue weighted by Crippen LogP contribution is 2.30. The monoisotopic (exact) mass is 278 g/mol. The second-order valence-corrected chi connectivity index (χ2v) is 4.58. The predicted octanol–water partition coefficient (Wildman–Crippen LogP) is 2.95. The molecule has 20 heavy (non-hydrogen) atoms. The minimum absolute atomic E-state index is 0.0595. The Kier molecular flexibility index (Phi) is 3.69. The maximum Gasteiger partial charge on any atom is 0.333 e. The molecule has 0 saturated heterocycles. The molecule has 0 bridgehead atoms. The molecule has 1 aromatic heterocycles. The normalized spacial score (nSPS) is 12.2. The van der Waals surface area contributed by atoms with Crippen LogP contribution in [0.15, 0.2) is 24.3 Å². The maximum atomic E-state index is 13.2. The first-order valence-electron chi connectivity index (χ1n) is 6.10. The van der Waals surface area contributed by atoms with Gasteiger partial charge in [-0.2, -0.15) is 5.10 Å². The van der Waals surface area contributed by atoms with E-state index in [1.54, 1.807) is 33.0 Å². The molecule has 0 aliphatic carbocycles. The van der Waals surface area contributed by atoms with Crippen LogP contribution in [0.2, 0.25) is 0 Å². The molecule has 106 valence electrons. The van der Waals surface area contributed by atoms with Crippen molar-refractivity contribution < 1.29 is 9.31 Å². The van der Waals surface area contributed by atoms with Crippen LogP contribution in [0, 0.1) is 22.9 Å². The van der Waals surface area contributed by atoms with Crippen LogP contribution in [0.1, 0.15) is 24.2 Å². The molecule has 0 saturated carbocycles. The number of hydrogen-bond acceptors (Lipinski definition) is 4. The number of nitrogens with zero attached hydrogens (tertiary/aromatic N) is 3. The van der Waals surface area contributed by atoms with Crippen molar-refractivity contribution in [3.05, 3.63) is 51.5 Å². The van der Waals surface area contributed by atoms with Gasteiger partial charge < -0.3 is 5.32 Å². The zero-order valence-electron chi connectivity index (χ0n) is 11.4. The average Bonchev–Trinajstić information content (AvgIpc) is 2.64. The Morgan fingerprint density at radius 3 is 2.80 bits per heavy atom. The fraction of sp³-hybridized carbons (Fsp3) is 0.308. The molecule has 1 N–H and O–H groups in total. The molecule has 1 heterocycles. The van der Waals surface area contributed by atoms with E-state index < -0.39 is 4.92 Å². The molecule has 0 spiro atoms. The summed E-state index contributed by atoms with van der Waals surface area (Å²) in [5.41, 5.74) is 0.986. The Labute approximate surface area is 115 Å². The van der Waals surface area contributed by atoms with Gasteiger partial charge in [-0.1, -0.05) is 12.1 Å². The quantitative estimate of drug-likeness (QED) is 0.689. The van der Waals surface area contributed by atoms with Gasteiger partial charge in [-0.15, -0.1) is 0 Å². The van der Waals surface area contributed by atoms with Crippen molar-refractivity contribution in [2.24, 2.45) is 7.05 Å². The van der Waals surface area contributed by atoms with Crippen molar-refractivity contribution in [1.82, 2.24) is 9.78 Å². The molecule has 0 aliphatic rings. The van der Waals surface area contributed by atoms with Crippen molar-refractivity contribution in [3.63, 3.8) is 0 Å². The highest BCUT2D eigenvalue weighted by Gasteiger charge is 2.25. The maximum absolute atomic E-state index is 13.2. The van der Waals surface area contributed by atoms with Crippen LogP contribution >= 0.6 is 0 Å². The number of aromatic nitrogens is 2. The number of halogens is 1. The number of nitro groups is 1. The van der Waals surface area contributed by atoms with E-state index >= 15 is 0 Å². The smallest absolute Gasteiger partial charge is 0.333 e. The van der Waals surface area contributed by atoms with E-state index in [-0.39, 0.29) is 17.5 Å². The highest BCUT2D eigenvalue weighted by molar-refractivity contribution is 5.60. The van der Waals surface area contributed by atoms with Gasteiger partial charge in [0.1, 0.15) is 11.5 Å². The van der Waals surface area contributed by atoms with Crippen molar-refractivity contribution in [3.8, 4) is 0 Å². The molecule has 0 fully saturated rings. The third-order valence-electron chi connectivity index (χ3n) is 3.08. The number of hydrogen-bond donors (Lipinski definition) is 1. The van der Waals surface area contributed by atoms with E-state index in [4.69, 9.17) is 0 Å². The topological polar surface area (TPSA) is 73.0 Å². The fourth-order valence-corrected chi connectivity index (χ4v) is 2.09. The zero-order valence-corrected chi connectivity index (χ0v) is 11.4. The third kappa shape index (κ3) is 2.61. The summed E-state index contributed by atoms with van der Waals surface area (Å²) in [5, 5.41) is 18.1. The molecule has 7 heteroatoms. The molecule has 2 rings (SSSR count). The Morgan fingerprint density at radius 1 is 1.50 bits per heavy atom. The standard InChI is InChI=1S/C13H15FN4O2/c1-8(10-5-4-6-11(14)7-10)15-13-12(18(19)20)9(2)16-17(13)3/h4-8,15H,1-3H3. The first kappa shape index (κ1) is 14.0. The molecule has 1 aromatic carbocycles. The number of aryl methyl sites for hydroxylation is 2. The molecule has 0 aliphatic heterocycles. The minimum Gasteiger partial charge on any atom is -0.358 e. The lowest BCUT2D eigenvalue weighted by molar-refractivity contribution is -0.384. The summed E-state index contributed by atoms with van der Waals surface area (Å²) in [6.45, 7) is 3.39. The lowest BCUT2D eigenvalue weighted by atomic mass is 10.1. The first-order valence-corrected chi connectivity index (χ1v) is 6.10. The Morgan fingerprint density at radius 2 is 2.20 bits per heavy atom. The summed E-state index contributed by atoms with van der Waals surface area (Å²) in [5.74, 6) is -0.0314. The summed E-state index contributed by atoms with van der Waals surface area (Å²) >= 11 is 0. The first-order chi connectivity index (χ1) is 9.40. The Hall–Kier alpha value is -2.44. The van der Waals surface area contributed by atoms with Gasteiger partial charge >= 0.3 is 5.69 Å². The highest BCUT2D eigenvalue weighted by atomic mass is 19.1. The fourth-order valence-electron chi connectivity index (χ4n) is 2.09. The third-order valence-corrected chi connectivity index (χ3v) is 3.08. The summed E-state index contributed by atoms with van der Waals surface area (Å²) < 4.78 is 14.6. The molecule has 1 atom stereocenters. The van der Waals surface area contributed by atoms with Gasteiger partial charge in [-0.25, -0.2) is 9.07 Å². The minimum atomic E-state index is -0.469. The van der Waals surface area contributed by atoms with E-state index in [1.165, 1.54) is 16.8 Å². The summed E-state index contributed by atoms with van der Waals surface area (Å²) in [4.78, 5) is 10.6. The molecule has 1 unspecified atom stereocenters. The van der Waals surface area contributed by atoms with E-state index in [2.05, 4.69) is 10.4 Å². The predicted molar refractivity (Wildman–Crippen MR) is 73.0 cm³/mol. The van der Waals surface area contributed by atoms with Crippen LogP contribution in [0.3, 0.4) is 0 Å². The lowest BCUT2D eigenvalue weighted by Gasteiger charge is -2.15. The van der Waals surface area contributed by atoms with Gasteiger partial charge in [0.2, 0.25) is 5.82 Å². The number of nitrogens with one attached hydrogen (secondary N) is 1. The summed E-state index contributed by atoms with van der Waals surface area (Å²) in [6.07, 6.45) is 0. The molecule has 6 nitrogen and oxygen atoms in total. The van der Waals surface area contributed by atoms with Gasteiger partial charge in [0.25, 0.3) is 0 Å². The Balaban J connectivity index is 2.33. The average molecular weight is 278 g/mol. The molecular formula is C13H15FN4O2. The van der Waals surface area contributed by atoms with Crippen molar-refractivity contribution in [2.45, 2.75) is 19.9 Å². The van der Waals surface area contributed by atoms with Crippen molar-refractivity contribution in [1.29, 1.82) is 0 Å². The summed E-state index contributed by atoms with van der Waals surface area (Å²) in [7, 11) is 1.63. The van der Waals surface area contributed by atoms with Gasteiger partial charge in [-0.3, -0.25) is 10.1 Å². The molecule has 2 aromatic rings. The summed E-state index contributed by atoms with van der Waals surface area (Å²) in [6, 6.07) is 5.83. The van der Waals surface area contributed by atoms with Gasteiger partial charge in [0, 0.05) is 7.05 Å². The van der Waals surface area contributed by atoms with E-state index in [0.29, 0.717) is 17.1 Å². The van der Waals surface area contributed by atoms with Crippen LogP contribution in [0.4, 0.5) is 15.9 Å². The molecule has 0 amide bonds. The van der Waals surface area contributed by atoms with Crippen LogP contribution in [-0.2, 0) is 7.05 Å². The lowest BCUT2D eigenvalue weighted by Crippen LogP contribution is -2.11. The van der Waals surface area contributed by atoms with Gasteiger partial charge in [0.15, 0.2) is 0 Å². The van der Waals surface area contributed by atoms with Crippen LogP contribution in [0.5, 0.6) is 0 Å². The second-order valence-electron chi connectivity index (χ2n) is 4.58. The largest absolute Gasteiger partial charge is 0.358 e. The van der Waals surface area contributed by atoms with Crippen molar-refractivity contribution >= 4 is 11.5 Å². The van der Waals surface area contributed by atoms with Crippen LogP contribution in [0.25, 0.3) is 0 Å². The van der Waals surface area contributed by atoms with Crippen LogP contribution < -0.4 is 5.32 Å².